The molecule has 1 fully saturated rings. The number of amides is 1. The summed E-state index contributed by atoms with van der Waals surface area (Å²) in [7, 11) is 1.66. The molecule has 2 heterocycles. The summed E-state index contributed by atoms with van der Waals surface area (Å²) in [6.45, 7) is 0.572. The molecule has 0 aromatic heterocycles. The fourth-order valence-corrected chi connectivity index (χ4v) is 4.04. The van der Waals surface area contributed by atoms with Gasteiger partial charge in [0.05, 0.1) is 11.3 Å². The summed E-state index contributed by atoms with van der Waals surface area (Å²) in [5.74, 6) is -0.233. The second-order valence-electron chi connectivity index (χ2n) is 5.69. The van der Waals surface area contributed by atoms with E-state index in [1.165, 1.54) is 4.90 Å². The van der Waals surface area contributed by atoms with Crippen molar-refractivity contribution in [3.63, 3.8) is 0 Å². The number of rotatable bonds is 0. The molecule has 0 radical (unpaired) electrons. The van der Waals surface area contributed by atoms with Crippen LogP contribution >= 0.6 is 15.9 Å². The van der Waals surface area contributed by atoms with Crippen molar-refractivity contribution in [3.8, 4) is 0 Å². The molecule has 1 amide bonds. The average molecular weight is 379 g/mol. The molecule has 2 aliphatic heterocycles. The van der Waals surface area contributed by atoms with Crippen LogP contribution in [0.3, 0.4) is 0 Å². The standard InChI is InChI=1S/C14H14BrF3N2O2/c1-19-11-2-3-20(13(21)22)6-9(11)8-4-7(15)5-10(12(8)19)14(16,17)18/h4-5,9,11H,2-3,6H2,1H3,(H,21,22)/t9-,11-/m1/s1. The van der Waals surface area contributed by atoms with Crippen molar-refractivity contribution >= 4 is 27.7 Å². The van der Waals surface area contributed by atoms with Crippen molar-refractivity contribution in [2.24, 2.45) is 0 Å². The summed E-state index contributed by atoms with van der Waals surface area (Å²) in [5.41, 5.74) is 0.0775. The maximum atomic E-state index is 13.3. The van der Waals surface area contributed by atoms with E-state index < -0.39 is 17.8 Å². The lowest BCUT2D eigenvalue weighted by Gasteiger charge is -2.36. The molecule has 0 spiro atoms. The maximum Gasteiger partial charge on any atom is 0.418 e. The first-order valence-electron chi connectivity index (χ1n) is 6.81. The minimum absolute atomic E-state index is 0.0963. The SMILES string of the molecule is CN1c2c(cc(Br)cc2C(F)(F)F)[C@H]2CN(C(=O)O)CC[C@H]21. The van der Waals surface area contributed by atoms with Crippen LogP contribution in [-0.2, 0) is 6.18 Å². The lowest BCUT2D eigenvalue weighted by Crippen LogP contribution is -2.46. The van der Waals surface area contributed by atoms with Crippen LogP contribution in [0.1, 0.15) is 23.5 Å². The monoisotopic (exact) mass is 378 g/mol. The van der Waals surface area contributed by atoms with Crippen LogP contribution in [0.2, 0.25) is 0 Å². The zero-order valence-corrected chi connectivity index (χ0v) is 13.3. The van der Waals surface area contributed by atoms with Gasteiger partial charge in [0.2, 0.25) is 0 Å². The predicted octanol–water partition coefficient (Wildman–Crippen LogP) is 3.75. The van der Waals surface area contributed by atoms with E-state index in [0.717, 1.165) is 6.07 Å². The molecule has 0 saturated carbocycles. The Morgan fingerprint density at radius 3 is 2.68 bits per heavy atom. The smallest absolute Gasteiger partial charge is 0.418 e. The zero-order valence-electron chi connectivity index (χ0n) is 11.7. The molecule has 1 aromatic rings. The molecule has 1 saturated heterocycles. The quantitative estimate of drug-likeness (QED) is 0.747. The van der Waals surface area contributed by atoms with E-state index in [2.05, 4.69) is 15.9 Å². The van der Waals surface area contributed by atoms with Crippen LogP contribution in [0.5, 0.6) is 0 Å². The van der Waals surface area contributed by atoms with Gasteiger partial charge in [-0.05, 0) is 24.1 Å². The number of nitrogens with zero attached hydrogens (tertiary/aromatic N) is 2. The Morgan fingerprint density at radius 2 is 2.09 bits per heavy atom. The minimum atomic E-state index is -4.44. The molecule has 1 aromatic carbocycles. The molecule has 22 heavy (non-hydrogen) atoms. The van der Waals surface area contributed by atoms with Gasteiger partial charge in [-0.1, -0.05) is 15.9 Å². The molecule has 8 heteroatoms. The van der Waals surface area contributed by atoms with Gasteiger partial charge in [-0.3, -0.25) is 0 Å². The second kappa shape index (κ2) is 5.04. The summed E-state index contributed by atoms with van der Waals surface area (Å²) in [4.78, 5) is 14.1. The third kappa shape index (κ3) is 2.33. The summed E-state index contributed by atoms with van der Waals surface area (Å²) in [5, 5.41) is 9.13. The molecule has 2 atom stereocenters. The summed E-state index contributed by atoms with van der Waals surface area (Å²) < 4.78 is 40.3. The Morgan fingerprint density at radius 1 is 1.41 bits per heavy atom. The maximum absolute atomic E-state index is 13.3. The van der Waals surface area contributed by atoms with Crippen LogP contribution < -0.4 is 4.90 Å². The second-order valence-corrected chi connectivity index (χ2v) is 6.61. The normalized spacial score (nSPS) is 24.2. The molecule has 2 aliphatic rings. The van der Waals surface area contributed by atoms with Crippen molar-refractivity contribution in [2.75, 3.05) is 25.0 Å². The van der Waals surface area contributed by atoms with Crippen molar-refractivity contribution < 1.29 is 23.1 Å². The van der Waals surface area contributed by atoms with E-state index in [9.17, 15) is 18.0 Å². The number of piperidine rings is 1. The number of anilines is 1. The summed E-state index contributed by atoms with van der Waals surface area (Å²) in [6.07, 6.45) is -4.94. The van der Waals surface area contributed by atoms with Gasteiger partial charge in [-0.15, -0.1) is 0 Å². The van der Waals surface area contributed by atoms with Gasteiger partial charge < -0.3 is 14.9 Å². The fourth-order valence-electron chi connectivity index (χ4n) is 3.56. The first-order valence-corrected chi connectivity index (χ1v) is 7.60. The van der Waals surface area contributed by atoms with Gasteiger partial charge in [0.15, 0.2) is 0 Å². The van der Waals surface area contributed by atoms with Gasteiger partial charge >= 0.3 is 12.3 Å². The van der Waals surface area contributed by atoms with E-state index in [-0.39, 0.29) is 24.2 Å². The van der Waals surface area contributed by atoms with E-state index in [4.69, 9.17) is 5.11 Å². The van der Waals surface area contributed by atoms with E-state index in [0.29, 0.717) is 23.0 Å². The lowest BCUT2D eigenvalue weighted by molar-refractivity contribution is -0.137. The number of hydrogen-bond acceptors (Lipinski definition) is 2. The Hall–Kier alpha value is -1.44. The number of likely N-dealkylation sites (tertiary alicyclic amines) is 1. The van der Waals surface area contributed by atoms with Crippen LogP contribution in [0.4, 0.5) is 23.7 Å². The lowest BCUT2D eigenvalue weighted by atomic mass is 9.89. The number of likely N-dealkylation sites (N-methyl/N-ethyl adjacent to an activating group) is 1. The Kier molecular flexibility index (Phi) is 3.54. The van der Waals surface area contributed by atoms with E-state index in [1.54, 1.807) is 18.0 Å². The Bertz CT molecular complexity index is 635. The average Bonchev–Trinajstić information content (AvgIpc) is 2.70. The van der Waals surface area contributed by atoms with Gasteiger partial charge in [-0.2, -0.15) is 13.2 Å². The molecule has 3 rings (SSSR count). The fraction of sp³-hybridized carbons (Fsp3) is 0.500. The third-order valence-electron chi connectivity index (χ3n) is 4.51. The zero-order chi connectivity index (χ0) is 16.2. The highest BCUT2D eigenvalue weighted by atomic mass is 79.9. The highest BCUT2D eigenvalue weighted by molar-refractivity contribution is 9.10. The number of benzene rings is 1. The number of alkyl halides is 3. The topological polar surface area (TPSA) is 43.8 Å². The van der Waals surface area contributed by atoms with Crippen molar-refractivity contribution in [1.29, 1.82) is 0 Å². The number of fused-ring (bicyclic) bond motifs is 3. The number of hydrogen-bond donors (Lipinski definition) is 1. The predicted molar refractivity (Wildman–Crippen MR) is 78.3 cm³/mol. The Balaban J connectivity index is 2.10. The van der Waals surface area contributed by atoms with Crippen LogP contribution in [0.25, 0.3) is 0 Å². The molecule has 0 bridgehead atoms. The van der Waals surface area contributed by atoms with E-state index >= 15 is 0 Å². The van der Waals surface area contributed by atoms with Crippen LogP contribution in [0, 0.1) is 0 Å². The molecule has 0 aliphatic carbocycles. The summed E-state index contributed by atoms with van der Waals surface area (Å²) in [6, 6.07) is 2.67. The highest BCUT2D eigenvalue weighted by Gasteiger charge is 2.46. The van der Waals surface area contributed by atoms with Crippen molar-refractivity contribution in [3.05, 3.63) is 27.7 Å². The Labute approximate surface area is 133 Å². The molecule has 1 N–H and O–H groups in total. The van der Waals surface area contributed by atoms with E-state index in [1.807, 2.05) is 0 Å². The summed E-state index contributed by atoms with van der Waals surface area (Å²) >= 11 is 3.14. The van der Waals surface area contributed by atoms with Crippen LogP contribution in [0.15, 0.2) is 16.6 Å². The number of halogens is 4. The van der Waals surface area contributed by atoms with Gasteiger partial charge in [-0.25, -0.2) is 4.79 Å². The van der Waals surface area contributed by atoms with Gasteiger partial charge in [0.1, 0.15) is 0 Å². The molecule has 0 unspecified atom stereocenters. The molecular formula is C14H14BrF3N2O2. The van der Waals surface area contributed by atoms with Crippen molar-refractivity contribution in [1.82, 2.24) is 4.90 Å². The van der Waals surface area contributed by atoms with Gasteiger partial charge in [0.25, 0.3) is 0 Å². The molecule has 120 valence electrons. The third-order valence-corrected chi connectivity index (χ3v) is 4.96. The van der Waals surface area contributed by atoms with Crippen LogP contribution in [-0.4, -0.2) is 42.3 Å². The molecule has 4 nitrogen and oxygen atoms in total. The van der Waals surface area contributed by atoms with Gasteiger partial charge in [0, 0.05) is 36.6 Å². The largest absolute Gasteiger partial charge is 0.465 e. The minimum Gasteiger partial charge on any atom is -0.465 e. The number of carbonyl (C=O) groups is 1. The first kappa shape index (κ1) is 15.5. The first-order chi connectivity index (χ1) is 10.2. The van der Waals surface area contributed by atoms with Crippen molar-refractivity contribution in [2.45, 2.75) is 24.6 Å². The number of carboxylic acid groups (broad SMARTS) is 1. The highest BCUT2D eigenvalue weighted by Crippen LogP contribution is 2.50. The molecular weight excluding hydrogens is 365 g/mol.